The molecule has 266 valence electrons. The van der Waals surface area contributed by atoms with Crippen LogP contribution < -0.4 is 9.47 Å². The van der Waals surface area contributed by atoms with E-state index in [0.29, 0.717) is 34.8 Å². The molecule has 3 aromatic rings. The third-order valence-electron chi connectivity index (χ3n) is 8.85. The predicted octanol–water partition coefficient (Wildman–Crippen LogP) is 3.04. The number of nitrogens with zero attached hydrogens (tertiary/aromatic N) is 1. The van der Waals surface area contributed by atoms with Crippen LogP contribution in [0.25, 0.3) is 0 Å². The molecular weight excluding hydrogens is 646 g/mol. The van der Waals surface area contributed by atoms with Gasteiger partial charge in [0, 0.05) is 18.5 Å². The van der Waals surface area contributed by atoms with E-state index in [1.165, 1.54) is 18.1 Å². The van der Waals surface area contributed by atoms with Gasteiger partial charge in [0.05, 0.1) is 19.6 Å². The summed E-state index contributed by atoms with van der Waals surface area (Å²) in [6.45, 7) is 5.70. The zero-order chi connectivity index (χ0) is 35.8. The largest absolute Gasteiger partial charge is 0.493 e. The van der Waals surface area contributed by atoms with Gasteiger partial charge in [-0.2, -0.15) is 0 Å². The fraction of sp³-hybridized carbons (Fsp3) is 0.395. The van der Waals surface area contributed by atoms with Gasteiger partial charge in [0.2, 0.25) is 12.2 Å². The Balaban J connectivity index is 1.53. The van der Waals surface area contributed by atoms with Gasteiger partial charge in [-0.25, -0.2) is 9.59 Å². The molecule has 1 fully saturated rings. The number of aliphatic hydroxyl groups is 3. The maximum atomic E-state index is 14.8. The summed E-state index contributed by atoms with van der Waals surface area (Å²) in [6.07, 6.45) is -6.46. The van der Waals surface area contributed by atoms with Crippen molar-refractivity contribution in [2.45, 2.75) is 75.4 Å². The SMILES string of the molecule is C=CCOC(=O)[C@H]1O[C@@H](OC(=O)C2Cc3c(ccc(OC)c3OCCCC)CN2C(=O)C(c2ccccc2)c2ccccc2)[C@H](O)[C@@H](O)[C@@H]1O. The second-order valence-electron chi connectivity index (χ2n) is 12.1. The molecule has 0 aromatic heterocycles. The molecule has 12 nitrogen and oxygen atoms in total. The van der Waals surface area contributed by atoms with E-state index in [9.17, 15) is 29.7 Å². The van der Waals surface area contributed by atoms with Gasteiger partial charge < -0.3 is 43.9 Å². The van der Waals surface area contributed by atoms with E-state index in [1.54, 1.807) is 6.07 Å². The van der Waals surface area contributed by atoms with Crippen LogP contribution >= 0.6 is 0 Å². The topological polar surface area (TPSA) is 161 Å². The van der Waals surface area contributed by atoms with Crippen molar-refractivity contribution in [2.24, 2.45) is 0 Å². The van der Waals surface area contributed by atoms with Gasteiger partial charge in [0.15, 0.2) is 17.6 Å². The second kappa shape index (κ2) is 16.8. The van der Waals surface area contributed by atoms with Crippen molar-refractivity contribution in [1.29, 1.82) is 0 Å². The fourth-order valence-electron chi connectivity index (χ4n) is 6.19. The lowest BCUT2D eigenvalue weighted by atomic mass is 9.86. The molecule has 1 amide bonds. The molecule has 2 heterocycles. The molecule has 0 saturated carbocycles. The number of benzene rings is 3. The van der Waals surface area contributed by atoms with E-state index >= 15 is 0 Å². The summed E-state index contributed by atoms with van der Waals surface area (Å²) in [7, 11) is 1.52. The van der Waals surface area contributed by atoms with E-state index in [-0.39, 0.29) is 25.5 Å². The van der Waals surface area contributed by atoms with Crippen molar-refractivity contribution in [1.82, 2.24) is 4.90 Å². The number of amides is 1. The number of hydrogen-bond acceptors (Lipinski definition) is 11. The standard InChI is InChI=1S/C38H43NO11/c1-4-6-20-47-33-26-21-27(36(44)50-38-32(42)30(40)31(41)34(49-38)37(45)48-19-5-2)39(22-25(26)17-18-28(33)46-3)35(43)29(23-13-9-7-10-14-23)24-15-11-8-12-16-24/h5,7-18,27,29-32,34,38,40-42H,2,4,6,19-22H2,1,3H3/t27?,30-,31-,32+,34-,38-/m0/s1. The van der Waals surface area contributed by atoms with Crippen LogP contribution in [0, 0.1) is 0 Å². The lowest BCUT2D eigenvalue weighted by molar-refractivity contribution is -0.288. The van der Waals surface area contributed by atoms with Crippen molar-refractivity contribution >= 4 is 17.8 Å². The van der Waals surface area contributed by atoms with Crippen LogP contribution in [0.3, 0.4) is 0 Å². The summed E-state index contributed by atoms with van der Waals surface area (Å²) in [4.78, 5) is 43.1. The Hall–Kier alpha value is -4.75. The first-order valence-corrected chi connectivity index (χ1v) is 16.6. The maximum Gasteiger partial charge on any atom is 0.338 e. The number of unbranched alkanes of at least 4 members (excludes halogenated alkanes) is 1. The Morgan fingerprint density at radius 3 is 2.20 bits per heavy atom. The number of esters is 2. The van der Waals surface area contributed by atoms with Gasteiger partial charge in [0.1, 0.15) is 31.0 Å². The zero-order valence-corrected chi connectivity index (χ0v) is 28.1. The number of carbonyl (C=O) groups is 3. The van der Waals surface area contributed by atoms with E-state index in [0.717, 1.165) is 18.4 Å². The Morgan fingerprint density at radius 2 is 1.60 bits per heavy atom. The summed E-state index contributed by atoms with van der Waals surface area (Å²) in [5.41, 5.74) is 2.81. The molecule has 3 N–H and O–H groups in total. The van der Waals surface area contributed by atoms with Crippen LogP contribution in [0.5, 0.6) is 11.5 Å². The van der Waals surface area contributed by atoms with Gasteiger partial charge in [-0.3, -0.25) is 4.79 Å². The third kappa shape index (κ3) is 7.84. The first-order valence-electron chi connectivity index (χ1n) is 16.6. The lowest BCUT2D eigenvalue weighted by Crippen LogP contribution is -2.62. The minimum atomic E-state index is -1.92. The molecule has 2 aliphatic heterocycles. The minimum Gasteiger partial charge on any atom is -0.493 e. The van der Waals surface area contributed by atoms with Crippen LogP contribution in [-0.2, 0) is 41.6 Å². The molecule has 0 radical (unpaired) electrons. The normalized spacial score (nSPS) is 23.0. The Bertz CT molecular complexity index is 1590. The third-order valence-corrected chi connectivity index (χ3v) is 8.85. The van der Waals surface area contributed by atoms with Crippen molar-refractivity contribution in [3.05, 3.63) is 108 Å². The van der Waals surface area contributed by atoms with E-state index < -0.39 is 54.6 Å². The van der Waals surface area contributed by atoms with Crippen molar-refractivity contribution in [2.75, 3.05) is 20.3 Å². The number of rotatable bonds is 13. The molecule has 3 aromatic carbocycles. The molecule has 5 rings (SSSR count). The number of aliphatic hydroxyl groups excluding tert-OH is 3. The first-order chi connectivity index (χ1) is 24.2. The molecular formula is C38H43NO11. The van der Waals surface area contributed by atoms with Gasteiger partial charge in [0.25, 0.3) is 0 Å². The molecule has 0 bridgehead atoms. The van der Waals surface area contributed by atoms with Gasteiger partial charge >= 0.3 is 11.9 Å². The highest BCUT2D eigenvalue weighted by Crippen LogP contribution is 2.40. The first kappa shape index (κ1) is 36.5. The van der Waals surface area contributed by atoms with Crippen LogP contribution in [0.2, 0.25) is 0 Å². The number of hydrogen-bond donors (Lipinski definition) is 3. The number of methoxy groups -OCH3 is 1. The number of carbonyl (C=O) groups excluding carboxylic acids is 3. The fourth-order valence-corrected chi connectivity index (χ4v) is 6.19. The smallest absolute Gasteiger partial charge is 0.338 e. The highest BCUT2D eigenvalue weighted by atomic mass is 16.7. The Morgan fingerprint density at radius 1 is 0.940 bits per heavy atom. The van der Waals surface area contributed by atoms with Crippen LogP contribution in [0.1, 0.15) is 47.9 Å². The summed E-state index contributed by atoms with van der Waals surface area (Å²) in [5.74, 6) is -2.29. The van der Waals surface area contributed by atoms with Crippen molar-refractivity contribution in [3.63, 3.8) is 0 Å². The molecule has 1 unspecified atom stereocenters. The Kier molecular flexibility index (Phi) is 12.3. The summed E-state index contributed by atoms with van der Waals surface area (Å²) in [6, 6.07) is 20.7. The average Bonchev–Trinajstić information content (AvgIpc) is 3.14. The molecule has 1 saturated heterocycles. The summed E-state index contributed by atoms with van der Waals surface area (Å²) < 4.78 is 27.9. The van der Waals surface area contributed by atoms with Crippen molar-refractivity contribution in [3.8, 4) is 11.5 Å². The van der Waals surface area contributed by atoms with Gasteiger partial charge in [-0.05, 0) is 29.2 Å². The van der Waals surface area contributed by atoms with Crippen molar-refractivity contribution < 1.29 is 53.4 Å². The van der Waals surface area contributed by atoms with E-state index in [1.807, 2.05) is 73.7 Å². The lowest BCUT2D eigenvalue weighted by Gasteiger charge is -2.41. The molecule has 12 heteroatoms. The van der Waals surface area contributed by atoms with Crippen LogP contribution in [-0.4, -0.2) is 95.1 Å². The molecule has 2 aliphatic rings. The predicted molar refractivity (Wildman–Crippen MR) is 180 cm³/mol. The number of fused-ring (bicyclic) bond motifs is 1. The summed E-state index contributed by atoms with van der Waals surface area (Å²) >= 11 is 0. The molecule has 0 spiro atoms. The maximum absolute atomic E-state index is 14.8. The van der Waals surface area contributed by atoms with Crippen LogP contribution in [0.4, 0.5) is 0 Å². The minimum absolute atomic E-state index is 0.00412. The quantitative estimate of drug-likeness (QED) is 0.138. The monoisotopic (exact) mass is 689 g/mol. The van der Waals surface area contributed by atoms with E-state index in [2.05, 4.69) is 6.58 Å². The highest BCUT2D eigenvalue weighted by Gasteiger charge is 2.50. The van der Waals surface area contributed by atoms with Crippen LogP contribution in [0.15, 0.2) is 85.5 Å². The van der Waals surface area contributed by atoms with E-state index in [4.69, 9.17) is 23.7 Å². The summed E-state index contributed by atoms with van der Waals surface area (Å²) in [5, 5.41) is 31.8. The van der Waals surface area contributed by atoms with Gasteiger partial charge in [-0.15, -0.1) is 0 Å². The molecule has 6 atom stereocenters. The Labute approximate surface area is 290 Å². The highest BCUT2D eigenvalue weighted by molar-refractivity contribution is 5.92. The average molecular weight is 690 g/mol. The zero-order valence-electron chi connectivity index (χ0n) is 28.1. The van der Waals surface area contributed by atoms with Gasteiger partial charge in [-0.1, -0.05) is 92.7 Å². The second-order valence-corrected chi connectivity index (χ2v) is 12.1. The molecule has 0 aliphatic carbocycles. The molecule has 50 heavy (non-hydrogen) atoms. The number of ether oxygens (including phenoxy) is 5.